The lowest BCUT2D eigenvalue weighted by molar-refractivity contribution is -0.302. The van der Waals surface area contributed by atoms with Crippen LogP contribution in [0.25, 0.3) is 0 Å². The molecule has 0 saturated carbocycles. The van der Waals surface area contributed by atoms with Crippen LogP contribution in [0.4, 0.5) is 0 Å². The first kappa shape index (κ1) is 59.9. The van der Waals surface area contributed by atoms with Gasteiger partial charge in [-0.1, -0.05) is 238 Å². The van der Waals surface area contributed by atoms with Crippen LogP contribution in [0.1, 0.15) is 271 Å². The van der Waals surface area contributed by atoms with E-state index in [1.807, 2.05) is 0 Å². The molecule has 7 atom stereocenters. The van der Waals surface area contributed by atoms with Gasteiger partial charge >= 0.3 is 0 Å². The quantitative estimate of drug-likeness (QED) is 0.0261. The highest BCUT2D eigenvalue weighted by molar-refractivity contribution is 5.76. The van der Waals surface area contributed by atoms with Crippen LogP contribution >= 0.6 is 0 Å². The van der Waals surface area contributed by atoms with Gasteiger partial charge in [0, 0.05) is 6.42 Å². The molecule has 374 valence electrons. The Balaban J connectivity index is 2.14. The topological polar surface area (TPSA) is 149 Å². The normalized spacial score (nSPS) is 20.1. The van der Waals surface area contributed by atoms with E-state index in [0.29, 0.717) is 12.8 Å². The second kappa shape index (κ2) is 44.7. The summed E-state index contributed by atoms with van der Waals surface area (Å²) in [5.41, 5.74) is 0. The lowest BCUT2D eigenvalue weighted by Gasteiger charge is -2.40. The molecule has 1 rings (SSSR count). The number of hydrogen-bond donors (Lipinski definition) is 6. The van der Waals surface area contributed by atoms with Crippen molar-refractivity contribution in [2.24, 2.45) is 0 Å². The summed E-state index contributed by atoms with van der Waals surface area (Å²) in [4.78, 5) is 13.0. The molecule has 0 aromatic rings. The molecular weight excluding hydrogens is 791 g/mol. The number of ether oxygens (including phenoxy) is 2. The summed E-state index contributed by atoms with van der Waals surface area (Å²) in [5, 5.41) is 54.5. The summed E-state index contributed by atoms with van der Waals surface area (Å²) in [7, 11) is 0. The molecule has 9 nitrogen and oxygen atoms in total. The van der Waals surface area contributed by atoms with Crippen LogP contribution in [0.15, 0.2) is 12.2 Å². The lowest BCUT2D eigenvalue weighted by atomic mass is 9.99. The first-order valence-electron chi connectivity index (χ1n) is 27.4. The van der Waals surface area contributed by atoms with Gasteiger partial charge < -0.3 is 40.3 Å². The third kappa shape index (κ3) is 34.8. The minimum atomic E-state index is -1.55. The number of rotatable bonds is 47. The van der Waals surface area contributed by atoms with E-state index < -0.39 is 49.5 Å². The molecule has 1 fully saturated rings. The van der Waals surface area contributed by atoms with E-state index in [1.54, 1.807) is 0 Å². The van der Waals surface area contributed by atoms with Crippen LogP contribution in [-0.2, 0) is 14.3 Å². The summed E-state index contributed by atoms with van der Waals surface area (Å²) in [6.07, 6.45) is 46.7. The Bertz CT molecular complexity index is 997. The van der Waals surface area contributed by atoms with Gasteiger partial charge in [0.15, 0.2) is 6.29 Å². The molecule has 0 bridgehead atoms. The zero-order valence-electron chi connectivity index (χ0n) is 41.4. The summed E-state index contributed by atoms with van der Waals surface area (Å²) < 4.78 is 11.3. The number of carbonyl (C=O) groups is 1. The van der Waals surface area contributed by atoms with Crippen molar-refractivity contribution >= 4 is 5.91 Å². The van der Waals surface area contributed by atoms with E-state index in [9.17, 15) is 30.3 Å². The fourth-order valence-corrected chi connectivity index (χ4v) is 8.98. The first-order chi connectivity index (χ1) is 30.8. The predicted octanol–water partition coefficient (Wildman–Crippen LogP) is 12.8. The molecule has 0 aliphatic carbocycles. The van der Waals surface area contributed by atoms with E-state index in [0.717, 1.165) is 38.5 Å². The molecule has 0 radical (unpaired) electrons. The monoisotopic (exact) mass is 896 g/mol. The van der Waals surface area contributed by atoms with Gasteiger partial charge in [0.25, 0.3) is 0 Å². The Hall–Kier alpha value is -1.07. The van der Waals surface area contributed by atoms with Crippen molar-refractivity contribution in [3.8, 4) is 0 Å². The van der Waals surface area contributed by atoms with Crippen molar-refractivity contribution in [1.82, 2.24) is 5.32 Å². The van der Waals surface area contributed by atoms with Crippen molar-refractivity contribution in [3.05, 3.63) is 12.2 Å². The molecule has 0 aromatic heterocycles. The number of nitrogens with one attached hydrogen (secondary N) is 1. The molecule has 6 N–H and O–H groups in total. The average Bonchev–Trinajstić information content (AvgIpc) is 3.28. The molecule has 7 unspecified atom stereocenters. The van der Waals surface area contributed by atoms with Crippen LogP contribution < -0.4 is 5.32 Å². The summed E-state index contributed by atoms with van der Waals surface area (Å²) >= 11 is 0. The highest BCUT2D eigenvalue weighted by atomic mass is 16.7. The highest BCUT2D eigenvalue weighted by Gasteiger charge is 2.44. The summed E-state index contributed by atoms with van der Waals surface area (Å²) in [5.74, 6) is -0.142. The van der Waals surface area contributed by atoms with Crippen LogP contribution in [0, 0.1) is 0 Å². The van der Waals surface area contributed by atoms with Crippen LogP contribution in [0.5, 0.6) is 0 Å². The second-order valence-electron chi connectivity index (χ2n) is 19.4. The third-order valence-electron chi connectivity index (χ3n) is 13.4. The largest absolute Gasteiger partial charge is 0.394 e. The minimum Gasteiger partial charge on any atom is -0.394 e. The van der Waals surface area contributed by atoms with Gasteiger partial charge in [0.2, 0.25) is 5.91 Å². The van der Waals surface area contributed by atoms with E-state index in [-0.39, 0.29) is 12.5 Å². The molecule has 1 amide bonds. The van der Waals surface area contributed by atoms with Gasteiger partial charge in [-0.25, -0.2) is 0 Å². The van der Waals surface area contributed by atoms with E-state index in [4.69, 9.17) is 9.47 Å². The van der Waals surface area contributed by atoms with E-state index >= 15 is 0 Å². The summed E-state index contributed by atoms with van der Waals surface area (Å²) in [6.45, 7) is 3.85. The van der Waals surface area contributed by atoms with Crippen molar-refractivity contribution in [2.45, 2.75) is 314 Å². The maximum absolute atomic E-state index is 13.0. The highest BCUT2D eigenvalue weighted by Crippen LogP contribution is 2.23. The maximum atomic E-state index is 13.0. The smallest absolute Gasteiger partial charge is 0.220 e. The Morgan fingerprint density at radius 3 is 1.29 bits per heavy atom. The average molecular weight is 896 g/mol. The Labute approximate surface area is 388 Å². The van der Waals surface area contributed by atoms with Gasteiger partial charge in [-0.05, 0) is 38.5 Å². The van der Waals surface area contributed by atoms with Crippen LogP contribution in [-0.4, -0.2) is 87.5 Å². The molecule has 1 heterocycles. The van der Waals surface area contributed by atoms with Crippen LogP contribution in [0.3, 0.4) is 0 Å². The van der Waals surface area contributed by atoms with Crippen molar-refractivity contribution < 1.29 is 39.8 Å². The zero-order valence-corrected chi connectivity index (χ0v) is 41.4. The number of hydrogen-bond acceptors (Lipinski definition) is 8. The van der Waals surface area contributed by atoms with E-state index in [2.05, 4.69) is 31.3 Å². The van der Waals surface area contributed by atoms with Gasteiger partial charge in [-0.15, -0.1) is 0 Å². The van der Waals surface area contributed by atoms with E-state index in [1.165, 1.54) is 205 Å². The number of unbranched alkanes of at least 4 members (excludes halogenated alkanes) is 35. The summed E-state index contributed by atoms with van der Waals surface area (Å²) in [6, 6.07) is -0.715. The van der Waals surface area contributed by atoms with Gasteiger partial charge in [-0.2, -0.15) is 0 Å². The molecule has 1 aliphatic heterocycles. The standard InChI is InChI=1S/C54H105NO8/c1-3-5-7-9-11-13-15-17-18-19-20-21-22-23-24-25-26-27-28-29-30-31-32-34-36-38-40-42-44-50(58)55-47(46-62-54-53(61)52(60)51(59)49(45-56)63-54)48(57)43-41-39-37-35-33-16-14-12-10-8-6-4-2/h23-24,47-49,51-54,56-57,59-61H,3-22,25-46H2,1-2H3,(H,55,58)/b24-23-. The number of allylic oxidation sites excluding steroid dienone is 2. The number of aliphatic hydroxyl groups excluding tert-OH is 5. The van der Waals surface area contributed by atoms with Gasteiger partial charge in [0.1, 0.15) is 24.4 Å². The number of carbonyl (C=O) groups excluding carboxylic acids is 1. The number of aliphatic hydroxyl groups is 5. The molecular formula is C54H105NO8. The third-order valence-corrected chi connectivity index (χ3v) is 13.4. The molecule has 63 heavy (non-hydrogen) atoms. The SMILES string of the molecule is CCCCCCCCCCCCCC/C=C\CCCCCCCCCCCCCCC(=O)NC(COC1OC(CO)C(O)C(O)C1O)C(O)CCCCCCCCCCCCCC. The van der Waals surface area contributed by atoms with Gasteiger partial charge in [0.05, 0.1) is 25.4 Å². The lowest BCUT2D eigenvalue weighted by Crippen LogP contribution is -2.60. The fraction of sp³-hybridized carbons (Fsp3) is 0.944. The molecule has 1 aliphatic rings. The second-order valence-corrected chi connectivity index (χ2v) is 19.4. The fourth-order valence-electron chi connectivity index (χ4n) is 8.98. The minimum absolute atomic E-state index is 0.134. The van der Waals surface area contributed by atoms with Gasteiger partial charge in [-0.3, -0.25) is 4.79 Å². The van der Waals surface area contributed by atoms with Crippen molar-refractivity contribution in [2.75, 3.05) is 13.2 Å². The molecule has 0 spiro atoms. The van der Waals surface area contributed by atoms with Crippen molar-refractivity contribution in [3.63, 3.8) is 0 Å². The number of amides is 1. The molecule has 9 heteroatoms. The molecule has 0 aromatic carbocycles. The first-order valence-corrected chi connectivity index (χ1v) is 27.4. The Morgan fingerprint density at radius 2 is 0.889 bits per heavy atom. The van der Waals surface area contributed by atoms with Crippen LogP contribution in [0.2, 0.25) is 0 Å². The maximum Gasteiger partial charge on any atom is 0.220 e. The molecule has 1 saturated heterocycles. The predicted molar refractivity (Wildman–Crippen MR) is 263 cm³/mol. The Morgan fingerprint density at radius 1 is 0.524 bits per heavy atom. The zero-order chi connectivity index (χ0) is 45.9. The Kier molecular flexibility index (Phi) is 42.6. The van der Waals surface area contributed by atoms with Crippen molar-refractivity contribution in [1.29, 1.82) is 0 Å².